The SMILES string of the molecule is CC1=C(C=C2C(=O)Nc3ccc(S(=O)(=O)Nc4ccc(C(F)(F)F)cc4)cc32)CC2=C1CCCC2. The number of anilines is 2. The fourth-order valence-corrected chi connectivity index (χ4v) is 6.01. The molecular weight excluding hydrogens is 477 g/mol. The molecule has 0 bridgehead atoms. The minimum Gasteiger partial charge on any atom is -0.321 e. The fourth-order valence-electron chi connectivity index (χ4n) is 4.92. The lowest BCUT2D eigenvalue weighted by molar-refractivity contribution is -0.137. The maximum Gasteiger partial charge on any atom is 0.416 e. The zero-order valence-corrected chi connectivity index (χ0v) is 19.7. The molecule has 35 heavy (non-hydrogen) atoms. The molecule has 182 valence electrons. The van der Waals surface area contributed by atoms with Crippen molar-refractivity contribution in [2.45, 2.75) is 50.1 Å². The molecule has 2 aromatic carbocycles. The van der Waals surface area contributed by atoms with Gasteiger partial charge in [-0.15, -0.1) is 0 Å². The van der Waals surface area contributed by atoms with Crippen molar-refractivity contribution in [2.24, 2.45) is 0 Å². The number of sulfonamides is 1. The van der Waals surface area contributed by atoms with Gasteiger partial charge in [0.15, 0.2) is 0 Å². The average molecular weight is 501 g/mol. The number of fused-ring (bicyclic) bond motifs is 1. The number of nitrogens with one attached hydrogen (secondary N) is 2. The van der Waals surface area contributed by atoms with Crippen molar-refractivity contribution in [2.75, 3.05) is 10.0 Å². The topological polar surface area (TPSA) is 75.3 Å². The van der Waals surface area contributed by atoms with Crippen LogP contribution in [0.15, 0.2) is 75.7 Å². The molecular formula is C26H23F3N2O3S. The van der Waals surface area contributed by atoms with Gasteiger partial charge in [0.25, 0.3) is 15.9 Å². The van der Waals surface area contributed by atoms with Gasteiger partial charge in [-0.25, -0.2) is 8.42 Å². The Hall–Kier alpha value is -3.33. The average Bonchev–Trinajstić information content (AvgIpc) is 3.29. The third-order valence-corrected chi connectivity index (χ3v) is 8.17. The van der Waals surface area contributed by atoms with Gasteiger partial charge in [0.2, 0.25) is 0 Å². The maximum absolute atomic E-state index is 13.0. The molecule has 5 nitrogen and oxygen atoms in total. The Balaban J connectivity index is 1.44. The molecule has 0 saturated heterocycles. The molecule has 0 fully saturated rings. The van der Waals surface area contributed by atoms with E-state index >= 15 is 0 Å². The second-order valence-electron chi connectivity index (χ2n) is 9.02. The van der Waals surface area contributed by atoms with E-state index in [-0.39, 0.29) is 16.5 Å². The molecule has 1 aliphatic heterocycles. The first kappa shape index (κ1) is 23.4. The van der Waals surface area contributed by atoms with Gasteiger partial charge in [-0.2, -0.15) is 13.2 Å². The van der Waals surface area contributed by atoms with E-state index in [1.54, 1.807) is 0 Å². The number of amides is 1. The highest BCUT2D eigenvalue weighted by Gasteiger charge is 2.31. The Kier molecular flexibility index (Phi) is 5.62. The first-order valence-corrected chi connectivity index (χ1v) is 12.8. The number of carbonyl (C=O) groups is 1. The number of halogens is 3. The second kappa shape index (κ2) is 8.41. The minimum absolute atomic E-state index is 0.00635. The summed E-state index contributed by atoms with van der Waals surface area (Å²) >= 11 is 0. The predicted octanol–water partition coefficient (Wildman–Crippen LogP) is 6.43. The van der Waals surface area contributed by atoms with E-state index in [9.17, 15) is 26.4 Å². The predicted molar refractivity (Wildman–Crippen MR) is 128 cm³/mol. The first-order valence-electron chi connectivity index (χ1n) is 11.3. The second-order valence-corrected chi connectivity index (χ2v) is 10.7. The molecule has 1 heterocycles. The Labute approximate surface area is 201 Å². The number of hydrogen-bond acceptors (Lipinski definition) is 3. The summed E-state index contributed by atoms with van der Waals surface area (Å²) < 4.78 is 66.6. The summed E-state index contributed by atoms with van der Waals surface area (Å²) in [7, 11) is -4.10. The van der Waals surface area contributed by atoms with E-state index in [0.717, 1.165) is 55.5 Å². The highest BCUT2D eigenvalue weighted by Crippen LogP contribution is 2.43. The molecule has 2 aromatic rings. The van der Waals surface area contributed by atoms with Crippen molar-refractivity contribution in [1.82, 2.24) is 0 Å². The van der Waals surface area contributed by atoms with E-state index in [2.05, 4.69) is 17.0 Å². The van der Waals surface area contributed by atoms with Crippen molar-refractivity contribution < 1.29 is 26.4 Å². The lowest BCUT2D eigenvalue weighted by atomic mass is 9.91. The maximum atomic E-state index is 13.0. The quantitative estimate of drug-likeness (QED) is 0.475. The highest BCUT2D eigenvalue weighted by atomic mass is 32.2. The molecule has 5 rings (SSSR count). The van der Waals surface area contributed by atoms with Gasteiger partial charge in [0.05, 0.1) is 10.5 Å². The summed E-state index contributed by atoms with van der Waals surface area (Å²) in [5.74, 6) is -0.296. The van der Waals surface area contributed by atoms with Crippen LogP contribution in [0.25, 0.3) is 5.57 Å². The van der Waals surface area contributed by atoms with E-state index in [1.165, 1.54) is 41.3 Å². The van der Waals surface area contributed by atoms with Crippen LogP contribution in [0.5, 0.6) is 0 Å². The fraction of sp³-hybridized carbons (Fsp3) is 0.269. The van der Waals surface area contributed by atoms with Crippen LogP contribution in [0, 0.1) is 0 Å². The van der Waals surface area contributed by atoms with Crippen molar-refractivity contribution >= 4 is 32.9 Å². The normalized spacial score (nSPS) is 19.2. The van der Waals surface area contributed by atoms with Gasteiger partial charge in [-0.05, 0) is 104 Å². The van der Waals surface area contributed by atoms with Crippen LogP contribution in [-0.2, 0) is 21.0 Å². The summed E-state index contributed by atoms with van der Waals surface area (Å²) in [6, 6.07) is 8.06. The Bertz CT molecular complexity index is 1430. The molecule has 1 amide bonds. The molecule has 0 atom stereocenters. The molecule has 2 N–H and O–H groups in total. The number of benzene rings is 2. The van der Waals surface area contributed by atoms with Crippen LogP contribution < -0.4 is 10.0 Å². The lowest BCUT2D eigenvalue weighted by Crippen LogP contribution is -2.13. The van der Waals surface area contributed by atoms with Crippen LogP contribution in [0.1, 0.15) is 50.2 Å². The van der Waals surface area contributed by atoms with Gasteiger partial charge in [-0.1, -0.05) is 5.57 Å². The zero-order valence-electron chi connectivity index (χ0n) is 18.9. The number of alkyl halides is 3. The van der Waals surface area contributed by atoms with Gasteiger partial charge in [-0.3, -0.25) is 9.52 Å². The highest BCUT2D eigenvalue weighted by molar-refractivity contribution is 7.92. The van der Waals surface area contributed by atoms with Gasteiger partial charge in [0, 0.05) is 22.5 Å². The van der Waals surface area contributed by atoms with E-state index in [0.29, 0.717) is 16.8 Å². The lowest BCUT2D eigenvalue weighted by Gasteiger charge is -2.14. The minimum atomic E-state index is -4.51. The smallest absolute Gasteiger partial charge is 0.321 e. The Morgan fingerprint density at radius 3 is 2.43 bits per heavy atom. The number of rotatable bonds is 4. The van der Waals surface area contributed by atoms with Crippen LogP contribution in [-0.4, -0.2) is 14.3 Å². The van der Waals surface area contributed by atoms with Crippen molar-refractivity contribution in [3.05, 3.63) is 82.0 Å². The molecule has 0 radical (unpaired) electrons. The van der Waals surface area contributed by atoms with Gasteiger partial charge >= 0.3 is 6.18 Å². The molecule has 0 unspecified atom stereocenters. The summed E-state index contributed by atoms with van der Waals surface area (Å²) in [6.07, 6.45) is 2.61. The summed E-state index contributed by atoms with van der Waals surface area (Å²) in [6.45, 7) is 2.07. The molecule has 0 saturated carbocycles. The van der Waals surface area contributed by atoms with E-state index in [4.69, 9.17) is 0 Å². The van der Waals surface area contributed by atoms with Crippen LogP contribution >= 0.6 is 0 Å². The monoisotopic (exact) mass is 500 g/mol. The van der Waals surface area contributed by atoms with E-state index < -0.39 is 21.8 Å². The largest absolute Gasteiger partial charge is 0.416 e. The number of allylic oxidation sites excluding steroid dienone is 5. The summed E-state index contributed by atoms with van der Waals surface area (Å²) in [5, 5.41) is 2.78. The number of carbonyl (C=O) groups excluding carboxylic acids is 1. The molecule has 9 heteroatoms. The third-order valence-electron chi connectivity index (χ3n) is 6.79. The molecule has 2 aliphatic carbocycles. The zero-order chi connectivity index (χ0) is 25.0. The Morgan fingerprint density at radius 2 is 1.74 bits per heavy atom. The summed E-state index contributed by atoms with van der Waals surface area (Å²) in [4.78, 5) is 12.6. The van der Waals surface area contributed by atoms with Crippen molar-refractivity contribution in [3.8, 4) is 0 Å². The van der Waals surface area contributed by atoms with Crippen LogP contribution in [0.2, 0.25) is 0 Å². The van der Waals surface area contributed by atoms with Crippen molar-refractivity contribution in [3.63, 3.8) is 0 Å². The first-order chi connectivity index (χ1) is 16.5. The molecule has 0 aromatic heterocycles. The van der Waals surface area contributed by atoms with Gasteiger partial charge in [0.1, 0.15) is 0 Å². The third kappa shape index (κ3) is 4.40. The summed E-state index contributed by atoms with van der Waals surface area (Å²) in [5.41, 5.74) is 5.62. The Morgan fingerprint density at radius 1 is 1.03 bits per heavy atom. The van der Waals surface area contributed by atoms with E-state index in [1.807, 2.05) is 6.08 Å². The standard InChI is InChI=1S/C26H23F3N2O3S/c1-15-17(12-16-4-2-3-5-21(15)16)13-23-22-14-20(10-11-24(22)30-25(23)32)35(33,34)31-19-8-6-18(7-9-19)26(27,28)29/h6-11,13-14,31H,2-5,12H2,1H3,(H,30,32). The van der Waals surface area contributed by atoms with Crippen LogP contribution in [0.3, 0.4) is 0 Å². The molecule has 0 spiro atoms. The van der Waals surface area contributed by atoms with Gasteiger partial charge < -0.3 is 5.32 Å². The number of hydrogen-bond donors (Lipinski definition) is 2. The molecule has 3 aliphatic rings. The van der Waals surface area contributed by atoms with Crippen molar-refractivity contribution in [1.29, 1.82) is 0 Å². The van der Waals surface area contributed by atoms with Crippen LogP contribution in [0.4, 0.5) is 24.5 Å².